The Hall–Kier alpha value is -2.93. The van der Waals surface area contributed by atoms with Crippen molar-refractivity contribution in [1.29, 1.82) is 0 Å². The number of hydrogen-bond acceptors (Lipinski definition) is 6. The molecule has 1 aromatic heterocycles. The van der Waals surface area contributed by atoms with Crippen LogP contribution in [0.15, 0.2) is 36.4 Å². The van der Waals surface area contributed by atoms with Crippen LogP contribution in [0.4, 0.5) is 5.82 Å². The van der Waals surface area contributed by atoms with E-state index in [0.29, 0.717) is 54.2 Å². The second-order valence-corrected chi connectivity index (χ2v) is 7.35. The van der Waals surface area contributed by atoms with Gasteiger partial charge in [0, 0.05) is 44.1 Å². The van der Waals surface area contributed by atoms with Crippen LogP contribution in [0.25, 0.3) is 32.8 Å². The second-order valence-electron chi connectivity index (χ2n) is 6.51. The van der Waals surface area contributed by atoms with Crippen molar-refractivity contribution in [3.8, 4) is 28.4 Å². The Morgan fingerprint density at radius 2 is 1.79 bits per heavy atom. The molecule has 4 aromatic rings. The summed E-state index contributed by atoms with van der Waals surface area (Å²) >= 11 is 12.5. The zero-order valence-electron chi connectivity index (χ0n) is 15.3. The molecule has 3 aromatic carbocycles. The number of phenolic OH excluding ortho intramolecular Hbond substituents is 2. The molecule has 0 radical (unpaired) electrons. The van der Waals surface area contributed by atoms with Crippen LogP contribution in [0, 0.1) is 0 Å². The number of rotatable bonds is 3. The largest absolute Gasteiger partial charge is 0.504 e. The number of methoxy groups -OCH3 is 1. The van der Waals surface area contributed by atoms with E-state index < -0.39 is 0 Å². The Morgan fingerprint density at radius 1 is 1.03 bits per heavy atom. The lowest BCUT2D eigenvalue weighted by atomic mass is 9.92. The van der Waals surface area contributed by atoms with Gasteiger partial charge in [-0.3, -0.25) is 0 Å². The molecule has 0 atom stereocenters. The lowest BCUT2D eigenvalue weighted by molar-refractivity contribution is 0.411. The second kappa shape index (κ2) is 7.15. The average molecular weight is 430 g/mol. The van der Waals surface area contributed by atoms with Crippen LogP contribution in [0.3, 0.4) is 0 Å². The maximum atomic E-state index is 10.9. The Bertz CT molecular complexity index is 1290. The summed E-state index contributed by atoms with van der Waals surface area (Å²) in [4.78, 5) is 4.49. The highest BCUT2D eigenvalue weighted by Crippen LogP contribution is 2.49. The smallest absolute Gasteiger partial charge is 0.168 e. The first kappa shape index (κ1) is 19.4. The van der Waals surface area contributed by atoms with Gasteiger partial charge in [0.2, 0.25) is 0 Å². The van der Waals surface area contributed by atoms with E-state index in [-0.39, 0.29) is 23.9 Å². The van der Waals surface area contributed by atoms with Crippen molar-refractivity contribution in [3.05, 3.63) is 52.0 Å². The fraction of sp³-hybridized carbons (Fsp3) is 0.0952. The SMILES string of the molecule is COc1ccc2c(O)c(O)c3c(-c4ccc(Cl)cc4Cl)c(CN)c(N)nc3c2c1. The van der Waals surface area contributed by atoms with E-state index in [1.54, 1.807) is 36.4 Å². The third-order valence-corrected chi connectivity index (χ3v) is 5.48. The van der Waals surface area contributed by atoms with Gasteiger partial charge in [0.1, 0.15) is 11.6 Å². The van der Waals surface area contributed by atoms with Gasteiger partial charge in [0.05, 0.1) is 18.0 Å². The van der Waals surface area contributed by atoms with Gasteiger partial charge in [-0.05, 0) is 30.3 Å². The lowest BCUT2D eigenvalue weighted by Crippen LogP contribution is -2.07. The highest BCUT2D eigenvalue weighted by molar-refractivity contribution is 6.37. The molecule has 0 unspecified atom stereocenters. The van der Waals surface area contributed by atoms with Crippen LogP contribution in [0.5, 0.6) is 17.2 Å². The van der Waals surface area contributed by atoms with Crippen LogP contribution in [0.1, 0.15) is 5.56 Å². The number of nitrogens with zero attached hydrogens (tertiary/aromatic N) is 1. The van der Waals surface area contributed by atoms with Gasteiger partial charge in [0.25, 0.3) is 0 Å². The number of aromatic hydroxyl groups is 2. The summed E-state index contributed by atoms with van der Waals surface area (Å²) < 4.78 is 5.30. The third kappa shape index (κ3) is 2.97. The van der Waals surface area contributed by atoms with Crippen molar-refractivity contribution in [2.75, 3.05) is 12.8 Å². The molecule has 8 heteroatoms. The van der Waals surface area contributed by atoms with E-state index in [1.165, 1.54) is 7.11 Å². The molecular formula is C21H17Cl2N3O3. The van der Waals surface area contributed by atoms with Crippen molar-refractivity contribution in [2.24, 2.45) is 5.73 Å². The molecular weight excluding hydrogens is 413 g/mol. The minimum atomic E-state index is -0.333. The zero-order chi connectivity index (χ0) is 20.9. The number of ether oxygens (including phenoxy) is 1. The molecule has 0 saturated carbocycles. The molecule has 6 nitrogen and oxygen atoms in total. The van der Waals surface area contributed by atoms with E-state index in [9.17, 15) is 10.2 Å². The van der Waals surface area contributed by atoms with Gasteiger partial charge in [-0.2, -0.15) is 0 Å². The monoisotopic (exact) mass is 429 g/mol. The number of aromatic nitrogens is 1. The molecule has 6 N–H and O–H groups in total. The highest BCUT2D eigenvalue weighted by atomic mass is 35.5. The first-order chi connectivity index (χ1) is 13.9. The summed E-state index contributed by atoms with van der Waals surface area (Å²) in [6.45, 7) is 0.0550. The van der Waals surface area contributed by atoms with Crippen LogP contribution in [-0.4, -0.2) is 22.3 Å². The maximum absolute atomic E-state index is 10.9. The Morgan fingerprint density at radius 3 is 2.45 bits per heavy atom. The molecule has 4 rings (SSSR count). The van der Waals surface area contributed by atoms with Crippen LogP contribution in [-0.2, 0) is 6.54 Å². The molecule has 0 amide bonds. The maximum Gasteiger partial charge on any atom is 0.168 e. The molecule has 0 spiro atoms. The molecule has 0 aliphatic heterocycles. The molecule has 148 valence electrons. The van der Waals surface area contributed by atoms with Crippen molar-refractivity contribution >= 4 is 50.7 Å². The van der Waals surface area contributed by atoms with Gasteiger partial charge in [0.15, 0.2) is 11.5 Å². The van der Waals surface area contributed by atoms with Crippen LogP contribution >= 0.6 is 23.2 Å². The van der Waals surface area contributed by atoms with E-state index in [4.69, 9.17) is 39.4 Å². The molecule has 0 fully saturated rings. The number of pyridine rings is 1. The molecule has 1 heterocycles. The quantitative estimate of drug-likeness (QED) is 0.274. The molecule has 0 saturated heterocycles. The van der Waals surface area contributed by atoms with Crippen molar-refractivity contribution in [2.45, 2.75) is 6.54 Å². The third-order valence-electron chi connectivity index (χ3n) is 4.93. The summed E-state index contributed by atoms with van der Waals surface area (Å²) in [6, 6.07) is 10.0. The molecule has 0 aliphatic rings. The Balaban J connectivity index is 2.28. The zero-order valence-corrected chi connectivity index (χ0v) is 16.8. The summed E-state index contributed by atoms with van der Waals surface area (Å²) in [5, 5.41) is 23.7. The highest BCUT2D eigenvalue weighted by Gasteiger charge is 2.24. The van der Waals surface area contributed by atoms with Gasteiger partial charge in [-0.25, -0.2) is 4.98 Å². The average Bonchev–Trinajstić information content (AvgIpc) is 2.71. The summed E-state index contributed by atoms with van der Waals surface area (Å²) in [6.07, 6.45) is 0. The Kier molecular flexibility index (Phi) is 4.78. The van der Waals surface area contributed by atoms with E-state index >= 15 is 0 Å². The van der Waals surface area contributed by atoms with Gasteiger partial charge in [-0.15, -0.1) is 0 Å². The fourth-order valence-electron chi connectivity index (χ4n) is 3.56. The van der Waals surface area contributed by atoms with Crippen molar-refractivity contribution in [3.63, 3.8) is 0 Å². The standard InChI is InChI=1S/C21H17Cl2N3O3/c1-29-10-3-5-11-13(7-10)18-17(20(28)19(11)27)16(14(8-24)21(25)26-18)12-4-2-9(22)6-15(12)23/h2-7,27-28H,8,24H2,1H3,(H2,25,26). The number of benzene rings is 3. The minimum Gasteiger partial charge on any atom is -0.504 e. The van der Waals surface area contributed by atoms with Gasteiger partial charge in [-0.1, -0.05) is 29.3 Å². The van der Waals surface area contributed by atoms with Crippen molar-refractivity contribution in [1.82, 2.24) is 4.98 Å². The van der Waals surface area contributed by atoms with E-state index in [0.717, 1.165) is 0 Å². The van der Waals surface area contributed by atoms with Gasteiger partial charge < -0.3 is 26.4 Å². The Labute approximate surface area is 176 Å². The van der Waals surface area contributed by atoms with Crippen LogP contribution in [0.2, 0.25) is 10.0 Å². The van der Waals surface area contributed by atoms with E-state index in [1.807, 2.05) is 0 Å². The van der Waals surface area contributed by atoms with Gasteiger partial charge >= 0.3 is 0 Å². The normalized spacial score (nSPS) is 11.3. The number of fused-ring (bicyclic) bond motifs is 3. The molecule has 0 aliphatic carbocycles. The topological polar surface area (TPSA) is 115 Å². The first-order valence-corrected chi connectivity index (χ1v) is 9.42. The number of anilines is 1. The van der Waals surface area contributed by atoms with Crippen LogP contribution < -0.4 is 16.2 Å². The summed E-state index contributed by atoms with van der Waals surface area (Å²) in [7, 11) is 1.54. The van der Waals surface area contributed by atoms with E-state index in [2.05, 4.69) is 4.98 Å². The molecule has 0 bridgehead atoms. The first-order valence-electron chi connectivity index (χ1n) is 8.66. The predicted molar refractivity (Wildman–Crippen MR) is 117 cm³/mol. The molecule has 29 heavy (non-hydrogen) atoms. The fourth-order valence-corrected chi connectivity index (χ4v) is 4.06. The number of hydrogen-bond donors (Lipinski definition) is 4. The minimum absolute atomic E-state index is 0.0550. The van der Waals surface area contributed by atoms with Crippen molar-refractivity contribution < 1.29 is 14.9 Å². The number of nitrogens with two attached hydrogens (primary N) is 2. The predicted octanol–water partition coefficient (Wildman–Crippen LogP) is 4.82. The number of phenols is 2. The lowest BCUT2D eigenvalue weighted by Gasteiger charge is -2.19. The number of halogens is 2. The summed E-state index contributed by atoms with van der Waals surface area (Å²) in [5.41, 5.74) is 14.1. The summed E-state index contributed by atoms with van der Waals surface area (Å²) in [5.74, 6) is 0.158. The number of nitrogen functional groups attached to an aromatic ring is 1.